The average Bonchev–Trinajstić information content (AvgIpc) is 2.94. The van der Waals surface area contributed by atoms with Crippen LogP contribution in [0.5, 0.6) is 0 Å². The molecule has 6 heteroatoms. The number of carbonyl (C=O) groups is 2. The maximum atomic E-state index is 12.1. The van der Waals surface area contributed by atoms with Crippen LogP contribution in [-0.2, 0) is 9.53 Å². The lowest BCUT2D eigenvalue weighted by atomic mass is 9.98. The predicted molar refractivity (Wildman–Crippen MR) is 70.7 cm³/mol. The third-order valence-corrected chi connectivity index (χ3v) is 4.29. The highest BCUT2D eigenvalue weighted by atomic mass is 16.5. The summed E-state index contributed by atoms with van der Waals surface area (Å²) >= 11 is 0. The lowest BCUT2D eigenvalue weighted by Gasteiger charge is -2.31. The molecule has 1 N–H and O–H groups in total. The first-order valence-electron chi connectivity index (χ1n) is 6.71. The van der Waals surface area contributed by atoms with E-state index >= 15 is 0 Å². The smallest absolute Gasteiger partial charge is 0.331 e. The highest BCUT2D eigenvalue weighted by molar-refractivity contribution is 5.88. The van der Waals surface area contributed by atoms with E-state index in [2.05, 4.69) is 17.3 Å². The van der Waals surface area contributed by atoms with Crippen molar-refractivity contribution in [3.05, 3.63) is 0 Å². The monoisotopic (exact) mass is 269 g/mol. The van der Waals surface area contributed by atoms with Gasteiger partial charge in [0.2, 0.25) is 0 Å². The molecule has 0 aliphatic carbocycles. The molecule has 2 amide bonds. The van der Waals surface area contributed by atoms with Crippen molar-refractivity contribution in [1.29, 1.82) is 0 Å². The molecule has 2 fully saturated rings. The number of rotatable bonds is 3. The van der Waals surface area contributed by atoms with Crippen molar-refractivity contribution < 1.29 is 14.3 Å². The number of urea groups is 1. The Balaban J connectivity index is 2.05. The number of carbonyl (C=O) groups excluding carboxylic acids is 2. The van der Waals surface area contributed by atoms with Crippen molar-refractivity contribution in [1.82, 2.24) is 15.1 Å². The summed E-state index contributed by atoms with van der Waals surface area (Å²) in [5.41, 5.74) is -0.919. The van der Waals surface area contributed by atoms with Gasteiger partial charge in [0.15, 0.2) is 0 Å². The second-order valence-corrected chi connectivity index (χ2v) is 6.03. The van der Waals surface area contributed by atoms with Gasteiger partial charge >= 0.3 is 12.0 Å². The lowest BCUT2D eigenvalue weighted by Crippen LogP contribution is -2.52. The first-order chi connectivity index (χ1) is 8.86. The summed E-state index contributed by atoms with van der Waals surface area (Å²) in [7, 11) is 3.44. The molecular weight excluding hydrogens is 246 g/mol. The van der Waals surface area contributed by atoms with Gasteiger partial charge in [0, 0.05) is 13.1 Å². The molecule has 0 aromatic rings. The zero-order valence-corrected chi connectivity index (χ0v) is 12.1. The quantitative estimate of drug-likeness (QED) is 0.748. The zero-order chi connectivity index (χ0) is 14.2. The van der Waals surface area contributed by atoms with Gasteiger partial charge in [-0.1, -0.05) is 0 Å². The van der Waals surface area contributed by atoms with Crippen LogP contribution in [0.4, 0.5) is 4.79 Å². The van der Waals surface area contributed by atoms with E-state index in [9.17, 15) is 9.59 Å². The van der Waals surface area contributed by atoms with E-state index in [0.29, 0.717) is 12.5 Å². The number of nitrogens with one attached hydrogen (secondary N) is 1. The maximum absolute atomic E-state index is 12.1. The fourth-order valence-corrected chi connectivity index (χ4v) is 2.97. The minimum atomic E-state index is -0.919. The van der Waals surface area contributed by atoms with Crippen molar-refractivity contribution in [3.63, 3.8) is 0 Å². The van der Waals surface area contributed by atoms with Crippen LogP contribution in [0.3, 0.4) is 0 Å². The number of esters is 1. The van der Waals surface area contributed by atoms with E-state index in [4.69, 9.17) is 4.74 Å². The number of ether oxygens (including phenoxy) is 1. The summed E-state index contributed by atoms with van der Waals surface area (Å²) in [6.07, 6.45) is 1.09. The molecule has 2 rings (SSSR count). The number of hydrogen-bond acceptors (Lipinski definition) is 4. The van der Waals surface area contributed by atoms with E-state index in [1.807, 2.05) is 0 Å². The minimum Gasteiger partial charge on any atom is -0.467 e. The van der Waals surface area contributed by atoms with Crippen LogP contribution in [0, 0.1) is 5.92 Å². The molecule has 2 aliphatic heterocycles. The molecule has 108 valence electrons. The van der Waals surface area contributed by atoms with Crippen LogP contribution in [0.25, 0.3) is 0 Å². The van der Waals surface area contributed by atoms with Crippen molar-refractivity contribution in [3.8, 4) is 0 Å². The molecule has 0 radical (unpaired) electrons. The Morgan fingerprint density at radius 2 is 2.11 bits per heavy atom. The Morgan fingerprint density at radius 1 is 1.42 bits per heavy atom. The summed E-state index contributed by atoms with van der Waals surface area (Å²) in [6.45, 7) is 6.08. The average molecular weight is 269 g/mol. The van der Waals surface area contributed by atoms with Gasteiger partial charge in [-0.2, -0.15) is 0 Å². The number of methoxy groups -OCH3 is 1. The third-order valence-electron chi connectivity index (χ3n) is 4.29. The molecule has 2 atom stereocenters. The molecule has 0 spiro atoms. The maximum Gasteiger partial charge on any atom is 0.331 e. The van der Waals surface area contributed by atoms with Crippen LogP contribution in [0.1, 0.15) is 20.3 Å². The van der Waals surface area contributed by atoms with Gasteiger partial charge in [0.1, 0.15) is 5.54 Å². The largest absolute Gasteiger partial charge is 0.467 e. The van der Waals surface area contributed by atoms with E-state index in [1.165, 1.54) is 7.11 Å². The predicted octanol–water partition coefficient (Wildman–Crippen LogP) is 0.284. The summed E-state index contributed by atoms with van der Waals surface area (Å²) < 4.78 is 4.78. The first kappa shape index (κ1) is 14.1. The minimum absolute atomic E-state index is 0.126. The fraction of sp³-hybridized carbons (Fsp3) is 0.846. The highest BCUT2D eigenvalue weighted by Gasteiger charge is 2.46. The summed E-state index contributed by atoms with van der Waals surface area (Å²) in [5, 5.41) is 3.00. The summed E-state index contributed by atoms with van der Waals surface area (Å²) in [5.74, 6) is 0.0826. The van der Waals surface area contributed by atoms with Crippen molar-refractivity contribution in [2.24, 2.45) is 5.92 Å². The molecule has 2 heterocycles. The van der Waals surface area contributed by atoms with Gasteiger partial charge in [-0.25, -0.2) is 9.59 Å². The van der Waals surface area contributed by atoms with Crippen molar-refractivity contribution in [2.75, 3.05) is 33.8 Å². The van der Waals surface area contributed by atoms with Gasteiger partial charge in [-0.15, -0.1) is 0 Å². The zero-order valence-electron chi connectivity index (χ0n) is 12.1. The standard InChI is InChI=1S/C13H23N3O3/c1-13(2,11(17)19-4)16-8-10(14-12(16)18)9-5-6-15(3)7-9/h9-10H,5-8H2,1-4H3,(H,14,18). The van der Waals surface area contributed by atoms with Crippen LogP contribution in [0.15, 0.2) is 0 Å². The Labute approximate surface area is 114 Å². The molecule has 0 saturated carbocycles. The number of nitrogens with zero attached hydrogens (tertiary/aromatic N) is 2. The Kier molecular flexibility index (Phi) is 3.71. The SMILES string of the molecule is COC(=O)C(C)(C)N1CC(C2CCN(C)C2)NC1=O. The molecule has 19 heavy (non-hydrogen) atoms. The molecule has 2 aliphatic rings. The third kappa shape index (κ3) is 2.54. The Morgan fingerprint density at radius 3 is 2.63 bits per heavy atom. The molecule has 2 saturated heterocycles. The van der Waals surface area contributed by atoms with E-state index in [1.54, 1.807) is 18.7 Å². The van der Waals surface area contributed by atoms with Crippen molar-refractivity contribution >= 4 is 12.0 Å². The second kappa shape index (κ2) is 5.00. The lowest BCUT2D eigenvalue weighted by molar-refractivity contribution is -0.151. The normalized spacial score (nSPS) is 28.6. The topological polar surface area (TPSA) is 61.9 Å². The summed E-state index contributed by atoms with van der Waals surface area (Å²) in [6, 6.07) is -0.0451. The van der Waals surface area contributed by atoms with Gasteiger partial charge in [-0.05, 0) is 39.8 Å². The number of hydrogen-bond donors (Lipinski definition) is 1. The van der Waals surface area contributed by atoms with Gasteiger partial charge in [-0.3, -0.25) is 0 Å². The van der Waals surface area contributed by atoms with Crippen LogP contribution >= 0.6 is 0 Å². The molecule has 0 aromatic heterocycles. The van der Waals surface area contributed by atoms with Gasteiger partial charge in [0.05, 0.1) is 13.2 Å². The van der Waals surface area contributed by atoms with E-state index in [-0.39, 0.29) is 18.0 Å². The Bertz CT molecular complexity index is 383. The number of amides is 2. The summed E-state index contributed by atoms with van der Waals surface area (Å²) in [4.78, 5) is 27.7. The number of likely N-dealkylation sites (tertiary alicyclic amines) is 1. The molecule has 0 aromatic carbocycles. The Hall–Kier alpha value is -1.30. The van der Waals surface area contributed by atoms with Crippen LogP contribution in [0.2, 0.25) is 0 Å². The van der Waals surface area contributed by atoms with Crippen LogP contribution in [-0.4, -0.2) is 67.2 Å². The van der Waals surface area contributed by atoms with Gasteiger partial charge < -0.3 is 19.9 Å². The second-order valence-electron chi connectivity index (χ2n) is 6.03. The molecule has 6 nitrogen and oxygen atoms in total. The van der Waals surface area contributed by atoms with Crippen molar-refractivity contribution in [2.45, 2.75) is 31.8 Å². The van der Waals surface area contributed by atoms with Crippen LogP contribution < -0.4 is 5.32 Å². The molecular formula is C13H23N3O3. The molecule has 2 unspecified atom stereocenters. The van der Waals surface area contributed by atoms with E-state index < -0.39 is 5.54 Å². The van der Waals surface area contributed by atoms with E-state index in [0.717, 1.165) is 19.5 Å². The highest BCUT2D eigenvalue weighted by Crippen LogP contribution is 2.27. The van der Waals surface area contributed by atoms with Gasteiger partial charge in [0.25, 0.3) is 0 Å². The first-order valence-corrected chi connectivity index (χ1v) is 6.71. The molecule has 0 bridgehead atoms. The fourth-order valence-electron chi connectivity index (χ4n) is 2.97.